The SMILES string of the molecule is CCC1CCCCC1(CO)Nc1ccc(Br)cc1. The Kier molecular flexibility index (Phi) is 4.68. The average molecular weight is 312 g/mol. The fourth-order valence-electron chi connectivity index (χ4n) is 3.14. The van der Waals surface area contributed by atoms with Crippen molar-refractivity contribution in [2.24, 2.45) is 5.92 Å². The van der Waals surface area contributed by atoms with Crippen molar-refractivity contribution in [1.82, 2.24) is 0 Å². The zero-order chi connectivity index (χ0) is 13.0. The molecular weight excluding hydrogens is 290 g/mol. The lowest BCUT2D eigenvalue weighted by Crippen LogP contribution is -2.50. The standard InChI is InChI=1S/C15H22BrNO/c1-2-12-5-3-4-10-15(12,11-18)17-14-8-6-13(16)7-9-14/h6-9,12,17-18H,2-5,10-11H2,1H3. The Bertz CT molecular complexity index is 379. The number of hydrogen-bond donors (Lipinski definition) is 2. The predicted octanol–water partition coefficient (Wildman–Crippen LogP) is 4.19. The molecule has 0 saturated heterocycles. The maximum Gasteiger partial charge on any atom is 0.0664 e. The van der Waals surface area contributed by atoms with Gasteiger partial charge in [-0.25, -0.2) is 0 Å². The van der Waals surface area contributed by atoms with Crippen molar-refractivity contribution in [2.45, 2.75) is 44.6 Å². The van der Waals surface area contributed by atoms with Crippen molar-refractivity contribution in [2.75, 3.05) is 11.9 Å². The molecule has 0 spiro atoms. The molecule has 3 heteroatoms. The van der Waals surface area contributed by atoms with E-state index in [-0.39, 0.29) is 12.1 Å². The second-order valence-electron chi connectivity index (χ2n) is 5.30. The maximum absolute atomic E-state index is 9.89. The molecule has 1 aromatic carbocycles. The zero-order valence-corrected chi connectivity index (χ0v) is 12.5. The van der Waals surface area contributed by atoms with E-state index in [1.807, 2.05) is 12.1 Å². The Morgan fingerprint density at radius 1 is 1.33 bits per heavy atom. The third-order valence-electron chi connectivity index (χ3n) is 4.22. The van der Waals surface area contributed by atoms with Gasteiger partial charge in [0.25, 0.3) is 0 Å². The van der Waals surface area contributed by atoms with E-state index in [2.05, 4.69) is 40.3 Å². The molecule has 18 heavy (non-hydrogen) atoms. The summed E-state index contributed by atoms with van der Waals surface area (Å²) in [6, 6.07) is 8.22. The highest BCUT2D eigenvalue weighted by Gasteiger charge is 2.39. The van der Waals surface area contributed by atoms with E-state index in [0.717, 1.165) is 23.0 Å². The number of aliphatic hydroxyl groups is 1. The summed E-state index contributed by atoms with van der Waals surface area (Å²) in [4.78, 5) is 0. The van der Waals surface area contributed by atoms with Gasteiger partial charge in [-0.15, -0.1) is 0 Å². The molecular formula is C15H22BrNO. The van der Waals surface area contributed by atoms with Crippen LogP contribution in [-0.2, 0) is 0 Å². The molecule has 2 rings (SSSR count). The third kappa shape index (κ3) is 2.89. The van der Waals surface area contributed by atoms with Gasteiger partial charge in [-0.05, 0) is 43.0 Å². The molecule has 0 heterocycles. The summed E-state index contributed by atoms with van der Waals surface area (Å²) in [5.41, 5.74) is 0.980. The van der Waals surface area contributed by atoms with Crippen LogP contribution in [0.4, 0.5) is 5.69 Å². The summed E-state index contributed by atoms with van der Waals surface area (Å²) in [6.07, 6.45) is 5.92. The van der Waals surface area contributed by atoms with Crippen molar-refractivity contribution >= 4 is 21.6 Å². The van der Waals surface area contributed by atoms with Gasteiger partial charge >= 0.3 is 0 Å². The highest BCUT2D eigenvalue weighted by molar-refractivity contribution is 9.10. The van der Waals surface area contributed by atoms with Crippen LogP contribution in [0, 0.1) is 5.92 Å². The lowest BCUT2D eigenvalue weighted by Gasteiger charge is -2.44. The van der Waals surface area contributed by atoms with Crippen LogP contribution in [0.5, 0.6) is 0 Å². The van der Waals surface area contributed by atoms with Gasteiger partial charge in [0, 0.05) is 10.2 Å². The Balaban J connectivity index is 2.18. The first-order valence-corrected chi connectivity index (χ1v) is 7.64. The van der Waals surface area contributed by atoms with Crippen LogP contribution in [0.1, 0.15) is 39.0 Å². The largest absolute Gasteiger partial charge is 0.394 e. The number of nitrogens with one attached hydrogen (secondary N) is 1. The van der Waals surface area contributed by atoms with Crippen molar-refractivity contribution in [3.8, 4) is 0 Å². The van der Waals surface area contributed by atoms with E-state index in [4.69, 9.17) is 0 Å². The molecule has 100 valence electrons. The van der Waals surface area contributed by atoms with E-state index in [0.29, 0.717) is 5.92 Å². The lowest BCUT2D eigenvalue weighted by atomic mass is 9.71. The van der Waals surface area contributed by atoms with E-state index in [1.54, 1.807) is 0 Å². The van der Waals surface area contributed by atoms with E-state index in [1.165, 1.54) is 19.3 Å². The zero-order valence-electron chi connectivity index (χ0n) is 11.0. The van der Waals surface area contributed by atoms with Gasteiger partial charge in [-0.3, -0.25) is 0 Å². The van der Waals surface area contributed by atoms with Crippen molar-refractivity contribution in [1.29, 1.82) is 0 Å². The minimum Gasteiger partial charge on any atom is -0.394 e. The second-order valence-corrected chi connectivity index (χ2v) is 6.21. The number of benzene rings is 1. The monoisotopic (exact) mass is 311 g/mol. The molecule has 0 bridgehead atoms. The molecule has 1 saturated carbocycles. The molecule has 2 nitrogen and oxygen atoms in total. The van der Waals surface area contributed by atoms with Crippen LogP contribution in [0.15, 0.2) is 28.7 Å². The Morgan fingerprint density at radius 3 is 2.67 bits per heavy atom. The van der Waals surface area contributed by atoms with Crippen LogP contribution >= 0.6 is 15.9 Å². The van der Waals surface area contributed by atoms with Crippen LogP contribution in [0.2, 0.25) is 0 Å². The van der Waals surface area contributed by atoms with Crippen molar-refractivity contribution in [3.05, 3.63) is 28.7 Å². The third-order valence-corrected chi connectivity index (χ3v) is 4.75. The van der Waals surface area contributed by atoms with Crippen LogP contribution < -0.4 is 5.32 Å². The molecule has 1 aliphatic rings. The van der Waals surface area contributed by atoms with E-state index >= 15 is 0 Å². The van der Waals surface area contributed by atoms with Gasteiger partial charge in [0.05, 0.1) is 12.1 Å². The first kappa shape index (κ1) is 13.9. The van der Waals surface area contributed by atoms with Gasteiger partial charge < -0.3 is 10.4 Å². The molecule has 1 aromatic rings. The molecule has 2 N–H and O–H groups in total. The van der Waals surface area contributed by atoms with Crippen LogP contribution in [0.25, 0.3) is 0 Å². The maximum atomic E-state index is 9.89. The average Bonchev–Trinajstić information content (AvgIpc) is 2.42. The minimum absolute atomic E-state index is 0.124. The van der Waals surface area contributed by atoms with E-state index < -0.39 is 0 Å². The second kappa shape index (κ2) is 6.07. The molecule has 0 radical (unpaired) electrons. The van der Waals surface area contributed by atoms with Crippen LogP contribution in [0.3, 0.4) is 0 Å². The summed E-state index contributed by atoms with van der Waals surface area (Å²) in [5, 5.41) is 13.5. The molecule has 2 unspecified atom stereocenters. The molecule has 1 fully saturated rings. The summed E-state index contributed by atoms with van der Waals surface area (Å²) >= 11 is 3.45. The lowest BCUT2D eigenvalue weighted by molar-refractivity contribution is 0.115. The summed E-state index contributed by atoms with van der Waals surface area (Å²) < 4.78 is 1.08. The summed E-state index contributed by atoms with van der Waals surface area (Å²) in [7, 11) is 0. The van der Waals surface area contributed by atoms with Gasteiger partial charge in [0.2, 0.25) is 0 Å². The Morgan fingerprint density at radius 2 is 2.06 bits per heavy atom. The smallest absolute Gasteiger partial charge is 0.0664 e. The highest BCUT2D eigenvalue weighted by atomic mass is 79.9. The topological polar surface area (TPSA) is 32.3 Å². The minimum atomic E-state index is -0.124. The van der Waals surface area contributed by atoms with Crippen LogP contribution in [-0.4, -0.2) is 17.3 Å². The Hall–Kier alpha value is -0.540. The Labute approximate surface area is 118 Å². The molecule has 2 atom stereocenters. The number of aliphatic hydroxyl groups excluding tert-OH is 1. The molecule has 0 aliphatic heterocycles. The van der Waals surface area contributed by atoms with Gasteiger partial charge in [0.1, 0.15) is 0 Å². The molecule has 0 aromatic heterocycles. The summed E-state index contributed by atoms with van der Waals surface area (Å²) in [6.45, 7) is 2.45. The first-order chi connectivity index (χ1) is 8.70. The predicted molar refractivity (Wildman–Crippen MR) is 79.8 cm³/mol. The molecule has 0 amide bonds. The van der Waals surface area contributed by atoms with E-state index in [9.17, 15) is 5.11 Å². The molecule has 1 aliphatic carbocycles. The first-order valence-electron chi connectivity index (χ1n) is 6.85. The van der Waals surface area contributed by atoms with Gasteiger partial charge in [-0.1, -0.05) is 42.1 Å². The van der Waals surface area contributed by atoms with Crippen molar-refractivity contribution in [3.63, 3.8) is 0 Å². The number of halogens is 1. The normalized spacial score (nSPS) is 28.1. The summed E-state index contributed by atoms with van der Waals surface area (Å²) in [5.74, 6) is 0.569. The quantitative estimate of drug-likeness (QED) is 0.873. The van der Waals surface area contributed by atoms with Gasteiger partial charge in [0.15, 0.2) is 0 Å². The number of hydrogen-bond acceptors (Lipinski definition) is 2. The number of anilines is 1. The number of rotatable bonds is 4. The highest BCUT2D eigenvalue weighted by Crippen LogP contribution is 2.38. The van der Waals surface area contributed by atoms with Crippen molar-refractivity contribution < 1.29 is 5.11 Å². The fourth-order valence-corrected chi connectivity index (χ4v) is 3.40. The fraction of sp³-hybridized carbons (Fsp3) is 0.600. The van der Waals surface area contributed by atoms with Gasteiger partial charge in [-0.2, -0.15) is 0 Å².